The van der Waals surface area contributed by atoms with Gasteiger partial charge in [-0.15, -0.1) is 0 Å². The third-order valence-corrected chi connectivity index (χ3v) is 10.8. The lowest BCUT2D eigenvalue weighted by molar-refractivity contribution is 0.0508. The fourth-order valence-electron chi connectivity index (χ4n) is 7.30. The van der Waals surface area contributed by atoms with E-state index >= 15 is 0 Å². The Bertz CT molecular complexity index is 1690. The Balaban J connectivity index is 1.39. The molecule has 3 unspecified atom stereocenters. The van der Waals surface area contributed by atoms with Crippen molar-refractivity contribution in [3.63, 3.8) is 0 Å². The molecule has 1 aliphatic heterocycles. The highest BCUT2D eigenvalue weighted by molar-refractivity contribution is 5.98. The van der Waals surface area contributed by atoms with E-state index in [1.54, 1.807) is 13.0 Å². The molecule has 0 aromatic heterocycles. The summed E-state index contributed by atoms with van der Waals surface area (Å²) in [7, 11) is 0. The number of benzene rings is 3. The summed E-state index contributed by atoms with van der Waals surface area (Å²) in [6.45, 7) is 19.3. The highest BCUT2D eigenvalue weighted by atomic mass is 16.6. The second-order valence-electron chi connectivity index (χ2n) is 15.9. The van der Waals surface area contributed by atoms with Gasteiger partial charge in [-0.2, -0.15) is 0 Å². The van der Waals surface area contributed by atoms with E-state index in [-0.39, 0.29) is 34.0 Å². The molecular weight excluding hydrogens is 640 g/mol. The fraction of sp³-hybridized carbons (Fsp3) is 0.545. The summed E-state index contributed by atoms with van der Waals surface area (Å²) < 4.78 is 18.3. The molecule has 0 aliphatic carbocycles. The maximum Gasteiger partial charge on any atom is 0.347 e. The summed E-state index contributed by atoms with van der Waals surface area (Å²) in [6, 6.07) is 8.45. The first-order valence-electron chi connectivity index (χ1n) is 19.0. The van der Waals surface area contributed by atoms with Crippen molar-refractivity contribution in [1.82, 2.24) is 0 Å². The van der Waals surface area contributed by atoms with Gasteiger partial charge in [0.2, 0.25) is 0 Å². The molecule has 1 aliphatic rings. The van der Waals surface area contributed by atoms with Gasteiger partial charge >= 0.3 is 11.9 Å². The standard InChI is InChI=1S/C44H60O7/c1-27(2)13-10-14-28(3)15-11-16-29(4)17-12-23-44(9)24-22-35-33(8)40(31(6)32(7)41(35)51-44)50-43(48)37-26-34(45)19-21-39(37)49-42(47)36-25-30(5)18-20-38(36)46/h18-21,25-29,45-46H,10-17,22-24H2,1-9H3. The molecule has 3 aromatic rings. The molecule has 3 aromatic carbocycles. The molecule has 51 heavy (non-hydrogen) atoms. The number of carbonyl (C=O) groups excluding carboxylic acids is 2. The number of aromatic hydroxyl groups is 2. The van der Waals surface area contributed by atoms with Crippen LogP contribution in [0.3, 0.4) is 0 Å². The van der Waals surface area contributed by atoms with Crippen molar-refractivity contribution in [2.45, 2.75) is 139 Å². The quantitative estimate of drug-likeness (QED) is 0.113. The number of fused-ring (bicyclic) bond motifs is 1. The molecule has 7 nitrogen and oxygen atoms in total. The number of hydrogen-bond acceptors (Lipinski definition) is 7. The van der Waals surface area contributed by atoms with Crippen LogP contribution in [-0.4, -0.2) is 27.8 Å². The molecule has 0 saturated carbocycles. The van der Waals surface area contributed by atoms with E-state index in [1.165, 1.54) is 75.3 Å². The number of ether oxygens (including phenoxy) is 3. The molecule has 0 radical (unpaired) electrons. The number of hydrogen-bond donors (Lipinski definition) is 2. The predicted molar refractivity (Wildman–Crippen MR) is 204 cm³/mol. The summed E-state index contributed by atoms with van der Waals surface area (Å²) >= 11 is 0. The average molecular weight is 701 g/mol. The summed E-state index contributed by atoms with van der Waals surface area (Å²) in [4.78, 5) is 26.6. The van der Waals surface area contributed by atoms with E-state index in [0.29, 0.717) is 11.7 Å². The van der Waals surface area contributed by atoms with E-state index in [1.807, 2.05) is 20.8 Å². The van der Waals surface area contributed by atoms with Crippen LogP contribution in [0.5, 0.6) is 28.7 Å². The Morgan fingerprint density at radius 3 is 2.06 bits per heavy atom. The monoisotopic (exact) mass is 700 g/mol. The minimum Gasteiger partial charge on any atom is -0.508 e. The summed E-state index contributed by atoms with van der Waals surface area (Å²) in [6.07, 6.45) is 13.0. The van der Waals surface area contributed by atoms with Crippen molar-refractivity contribution in [2.75, 3.05) is 0 Å². The minimum absolute atomic E-state index is 0.0335. The van der Waals surface area contributed by atoms with E-state index in [0.717, 1.165) is 71.1 Å². The normalized spacial score (nSPS) is 16.7. The maximum absolute atomic E-state index is 13.6. The highest BCUT2D eigenvalue weighted by Gasteiger charge is 2.35. The lowest BCUT2D eigenvalue weighted by atomic mass is 9.83. The van der Waals surface area contributed by atoms with Crippen molar-refractivity contribution in [3.8, 4) is 28.7 Å². The zero-order valence-electron chi connectivity index (χ0n) is 32.4. The van der Waals surface area contributed by atoms with Gasteiger partial charge in [0.15, 0.2) is 0 Å². The van der Waals surface area contributed by atoms with E-state index in [2.05, 4.69) is 34.6 Å². The first kappa shape index (κ1) is 39.8. The maximum atomic E-state index is 13.6. The fourth-order valence-corrected chi connectivity index (χ4v) is 7.30. The molecule has 1 heterocycles. The lowest BCUT2D eigenvalue weighted by Crippen LogP contribution is -2.37. The van der Waals surface area contributed by atoms with Crippen molar-refractivity contribution < 1.29 is 34.0 Å². The zero-order chi connectivity index (χ0) is 37.5. The van der Waals surface area contributed by atoms with Gasteiger partial charge in [-0.1, -0.05) is 84.3 Å². The number of carbonyl (C=O) groups is 2. The number of rotatable bonds is 16. The van der Waals surface area contributed by atoms with E-state index in [9.17, 15) is 19.8 Å². The lowest BCUT2D eigenvalue weighted by Gasteiger charge is -2.38. The van der Waals surface area contributed by atoms with Crippen LogP contribution in [0.1, 0.15) is 147 Å². The topological polar surface area (TPSA) is 102 Å². The molecule has 2 N–H and O–H groups in total. The summed E-state index contributed by atoms with van der Waals surface area (Å²) in [5.41, 5.74) is 3.94. The smallest absolute Gasteiger partial charge is 0.347 e. The van der Waals surface area contributed by atoms with Gasteiger partial charge in [0.25, 0.3) is 0 Å². The Morgan fingerprint density at radius 2 is 1.39 bits per heavy atom. The Hall–Kier alpha value is -4.00. The van der Waals surface area contributed by atoms with Crippen LogP contribution in [0.4, 0.5) is 0 Å². The molecule has 0 fully saturated rings. The summed E-state index contributed by atoms with van der Waals surface area (Å²) in [5.74, 6) is 1.53. The van der Waals surface area contributed by atoms with Gasteiger partial charge in [-0.3, -0.25) is 0 Å². The van der Waals surface area contributed by atoms with Gasteiger partial charge in [-0.25, -0.2) is 9.59 Å². The average Bonchev–Trinajstić information content (AvgIpc) is 3.07. The van der Waals surface area contributed by atoms with Gasteiger partial charge in [0.1, 0.15) is 45.5 Å². The van der Waals surface area contributed by atoms with Crippen LogP contribution in [0.15, 0.2) is 36.4 Å². The van der Waals surface area contributed by atoms with Gasteiger partial charge < -0.3 is 24.4 Å². The SMILES string of the molecule is Cc1ccc(O)c(C(=O)Oc2ccc(O)cc2C(=O)Oc2c(C)c(C)c3c(c2C)CCC(C)(CCCC(C)CCCC(C)CCCC(C)C)O3)c1. The van der Waals surface area contributed by atoms with Crippen molar-refractivity contribution in [3.05, 3.63) is 75.3 Å². The van der Waals surface area contributed by atoms with Gasteiger partial charge in [-0.05, 0) is 125 Å². The Labute approximate surface area is 305 Å². The third kappa shape index (κ3) is 10.5. The molecule has 278 valence electrons. The zero-order valence-corrected chi connectivity index (χ0v) is 32.4. The molecule has 0 bridgehead atoms. The molecule has 0 spiro atoms. The molecule has 3 atom stereocenters. The number of esters is 2. The molecule has 0 amide bonds. The summed E-state index contributed by atoms with van der Waals surface area (Å²) in [5, 5.41) is 20.4. The van der Waals surface area contributed by atoms with Crippen LogP contribution in [0, 0.1) is 45.4 Å². The second kappa shape index (κ2) is 17.5. The predicted octanol–water partition coefficient (Wildman–Crippen LogP) is 11.3. The van der Waals surface area contributed by atoms with Crippen molar-refractivity contribution in [1.29, 1.82) is 0 Å². The largest absolute Gasteiger partial charge is 0.508 e. The molecule has 7 heteroatoms. The van der Waals surface area contributed by atoms with E-state index < -0.39 is 11.9 Å². The van der Waals surface area contributed by atoms with Crippen molar-refractivity contribution in [2.24, 2.45) is 17.8 Å². The van der Waals surface area contributed by atoms with Crippen LogP contribution in [0.25, 0.3) is 0 Å². The van der Waals surface area contributed by atoms with Crippen molar-refractivity contribution >= 4 is 11.9 Å². The number of aryl methyl sites for hydroxylation is 1. The first-order chi connectivity index (χ1) is 24.1. The molecule has 0 saturated heterocycles. The van der Waals surface area contributed by atoms with Gasteiger partial charge in [0.05, 0.1) is 0 Å². The molecule has 4 rings (SSSR count). The van der Waals surface area contributed by atoms with Crippen LogP contribution >= 0.6 is 0 Å². The minimum atomic E-state index is -0.833. The highest BCUT2D eigenvalue weighted by Crippen LogP contribution is 2.45. The third-order valence-electron chi connectivity index (χ3n) is 10.8. The Kier molecular flexibility index (Phi) is 13.6. The van der Waals surface area contributed by atoms with Crippen LogP contribution < -0.4 is 14.2 Å². The van der Waals surface area contributed by atoms with E-state index in [4.69, 9.17) is 14.2 Å². The van der Waals surface area contributed by atoms with Gasteiger partial charge in [0, 0.05) is 5.56 Å². The van der Waals surface area contributed by atoms with Crippen LogP contribution in [0.2, 0.25) is 0 Å². The Morgan fingerprint density at radius 1 is 0.765 bits per heavy atom. The van der Waals surface area contributed by atoms with Crippen LogP contribution in [-0.2, 0) is 6.42 Å². The second-order valence-corrected chi connectivity index (χ2v) is 15.9. The molecular formula is C44H60O7. The number of phenolic OH excluding ortho intramolecular Hbond substituents is 2. The first-order valence-corrected chi connectivity index (χ1v) is 19.0. The number of phenols is 2.